The van der Waals surface area contributed by atoms with Gasteiger partial charge in [-0.1, -0.05) is 6.07 Å². The van der Waals surface area contributed by atoms with Crippen molar-refractivity contribution in [3.8, 4) is 5.69 Å². The van der Waals surface area contributed by atoms with E-state index in [1.807, 2.05) is 65.4 Å². The third-order valence-corrected chi connectivity index (χ3v) is 6.07. The van der Waals surface area contributed by atoms with E-state index >= 15 is 0 Å². The van der Waals surface area contributed by atoms with Gasteiger partial charge in [-0.2, -0.15) is 0 Å². The molecule has 2 aromatic carbocycles. The maximum atomic E-state index is 13.6. The lowest BCUT2D eigenvalue weighted by Crippen LogP contribution is -2.30. The van der Waals surface area contributed by atoms with E-state index in [4.69, 9.17) is 12.2 Å². The van der Waals surface area contributed by atoms with Gasteiger partial charge in [-0.3, -0.25) is 9.78 Å². The monoisotopic (exact) mass is 471 g/mol. The van der Waals surface area contributed by atoms with Gasteiger partial charge in [0.05, 0.1) is 11.7 Å². The van der Waals surface area contributed by atoms with E-state index in [1.165, 1.54) is 19.1 Å². The van der Waals surface area contributed by atoms with E-state index in [0.29, 0.717) is 10.8 Å². The van der Waals surface area contributed by atoms with Gasteiger partial charge in [0.2, 0.25) is 5.91 Å². The first-order chi connectivity index (χ1) is 16.5. The number of aromatic nitrogens is 2. The van der Waals surface area contributed by atoms with Crippen LogP contribution < -0.4 is 15.5 Å². The van der Waals surface area contributed by atoms with Crippen molar-refractivity contribution in [1.29, 1.82) is 0 Å². The van der Waals surface area contributed by atoms with E-state index in [2.05, 4.69) is 20.5 Å². The molecule has 2 aromatic heterocycles. The number of benzene rings is 2. The number of nitrogens with one attached hydrogen (secondary N) is 2. The zero-order valence-corrected chi connectivity index (χ0v) is 19.2. The van der Waals surface area contributed by atoms with Gasteiger partial charge in [0.1, 0.15) is 11.9 Å². The Hall–Kier alpha value is -4.04. The SMILES string of the molecule is CC(=O)Nc1ccc(N2C(=S)N[C@H](c3ccccn3)[C@@H]2c2cccn2-c2ccc(F)cc2)cc1. The van der Waals surface area contributed by atoms with Crippen molar-refractivity contribution in [2.45, 2.75) is 19.0 Å². The number of nitrogens with zero attached hydrogens (tertiary/aromatic N) is 3. The van der Waals surface area contributed by atoms with Crippen LogP contribution in [-0.4, -0.2) is 20.6 Å². The van der Waals surface area contributed by atoms with Crippen LogP contribution in [0.1, 0.15) is 30.4 Å². The Morgan fingerprint density at radius 3 is 2.41 bits per heavy atom. The predicted molar refractivity (Wildman–Crippen MR) is 134 cm³/mol. The molecule has 1 amide bonds. The van der Waals surface area contributed by atoms with Gasteiger partial charge in [0.15, 0.2) is 5.11 Å². The first kappa shape index (κ1) is 21.8. The highest BCUT2D eigenvalue weighted by atomic mass is 32.1. The molecule has 2 atom stereocenters. The summed E-state index contributed by atoms with van der Waals surface area (Å²) in [6.07, 6.45) is 3.72. The number of rotatable bonds is 5. The first-order valence-corrected chi connectivity index (χ1v) is 11.2. The Morgan fingerprint density at radius 2 is 1.74 bits per heavy atom. The molecular formula is C26H22FN5OS. The highest BCUT2D eigenvalue weighted by Gasteiger charge is 2.42. The minimum Gasteiger partial charge on any atom is -0.351 e. The van der Waals surface area contributed by atoms with Crippen molar-refractivity contribution in [3.63, 3.8) is 0 Å². The van der Waals surface area contributed by atoms with Gasteiger partial charge in [-0.15, -0.1) is 0 Å². The van der Waals surface area contributed by atoms with Crippen molar-refractivity contribution in [2.75, 3.05) is 10.2 Å². The highest BCUT2D eigenvalue weighted by molar-refractivity contribution is 7.80. The number of amides is 1. The van der Waals surface area contributed by atoms with Gasteiger partial charge < -0.3 is 20.1 Å². The lowest BCUT2D eigenvalue weighted by Gasteiger charge is -2.29. The summed E-state index contributed by atoms with van der Waals surface area (Å²) < 4.78 is 15.6. The van der Waals surface area contributed by atoms with Crippen LogP contribution >= 0.6 is 12.2 Å². The van der Waals surface area contributed by atoms with Crippen LogP contribution in [0.2, 0.25) is 0 Å². The fourth-order valence-electron chi connectivity index (χ4n) is 4.31. The third kappa shape index (κ3) is 4.15. The summed E-state index contributed by atoms with van der Waals surface area (Å²) in [5.74, 6) is -0.412. The Balaban J connectivity index is 1.61. The molecule has 0 radical (unpaired) electrons. The lowest BCUT2D eigenvalue weighted by molar-refractivity contribution is -0.114. The van der Waals surface area contributed by atoms with Gasteiger partial charge in [0.25, 0.3) is 0 Å². The zero-order valence-electron chi connectivity index (χ0n) is 18.4. The minimum absolute atomic E-state index is 0.128. The van der Waals surface area contributed by atoms with Crippen LogP contribution in [0.4, 0.5) is 15.8 Å². The van der Waals surface area contributed by atoms with E-state index < -0.39 is 0 Å². The largest absolute Gasteiger partial charge is 0.351 e. The summed E-state index contributed by atoms with van der Waals surface area (Å²) >= 11 is 5.79. The Bertz CT molecular complexity index is 1320. The van der Waals surface area contributed by atoms with Gasteiger partial charge in [-0.05, 0) is 85.0 Å². The number of carbonyl (C=O) groups is 1. The highest BCUT2D eigenvalue weighted by Crippen LogP contribution is 2.42. The molecule has 1 aliphatic heterocycles. The van der Waals surface area contributed by atoms with Crippen LogP contribution in [0.25, 0.3) is 5.69 Å². The number of pyridine rings is 1. The maximum absolute atomic E-state index is 13.6. The number of thiocarbonyl (C=S) groups is 1. The predicted octanol–water partition coefficient (Wildman–Crippen LogP) is 5.15. The van der Waals surface area contributed by atoms with Gasteiger partial charge in [0, 0.05) is 42.1 Å². The fourth-order valence-corrected chi connectivity index (χ4v) is 4.66. The zero-order chi connectivity index (χ0) is 23.7. The van der Waals surface area contributed by atoms with Crippen LogP contribution in [0, 0.1) is 5.82 Å². The second kappa shape index (κ2) is 9.07. The van der Waals surface area contributed by atoms with Crippen LogP contribution in [0.15, 0.2) is 91.3 Å². The molecule has 0 spiro atoms. The molecule has 170 valence electrons. The first-order valence-electron chi connectivity index (χ1n) is 10.8. The molecule has 2 N–H and O–H groups in total. The minimum atomic E-state index is -0.284. The average molecular weight is 472 g/mol. The number of anilines is 2. The summed E-state index contributed by atoms with van der Waals surface area (Å²) in [6, 6.07) is 23.3. The standard InChI is InChI=1S/C26H22FN5OS/c1-17(33)29-19-9-13-21(14-10-19)32-25(24(30-26(32)34)22-5-2-3-15-28-22)23-6-4-16-31(23)20-11-7-18(27)8-12-20/h2-16,24-25H,1H3,(H,29,33)(H,30,34)/t24-,25+/m1/s1. The quantitative estimate of drug-likeness (QED) is 0.395. The molecule has 8 heteroatoms. The molecule has 1 saturated heterocycles. The molecular weight excluding hydrogens is 449 g/mol. The molecule has 0 saturated carbocycles. The molecule has 0 aliphatic carbocycles. The molecule has 1 fully saturated rings. The molecule has 34 heavy (non-hydrogen) atoms. The summed E-state index contributed by atoms with van der Waals surface area (Å²) in [7, 11) is 0. The molecule has 4 aromatic rings. The van der Waals surface area contributed by atoms with Crippen molar-refractivity contribution < 1.29 is 9.18 Å². The van der Waals surface area contributed by atoms with E-state index in [-0.39, 0.29) is 23.8 Å². The van der Waals surface area contributed by atoms with Crippen molar-refractivity contribution in [1.82, 2.24) is 14.9 Å². The topological polar surface area (TPSA) is 62.2 Å². The molecule has 1 aliphatic rings. The van der Waals surface area contributed by atoms with E-state index in [1.54, 1.807) is 18.3 Å². The van der Waals surface area contributed by atoms with E-state index in [9.17, 15) is 9.18 Å². The Labute approximate surface area is 202 Å². The Kier molecular flexibility index (Phi) is 5.81. The number of halogens is 1. The second-order valence-corrected chi connectivity index (χ2v) is 8.39. The van der Waals surface area contributed by atoms with Crippen molar-refractivity contribution >= 4 is 34.6 Å². The molecule has 3 heterocycles. The number of hydrogen-bond acceptors (Lipinski definition) is 3. The molecule has 5 rings (SSSR count). The van der Waals surface area contributed by atoms with Crippen molar-refractivity contribution in [2.24, 2.45) is 0 Å². The maximum Gasteiger partial charge on any atom is 0.221 e. The van der Waals surface area contributed by atoms with Crippen LogP contribution in [0.5, 0.6) is 0 Å². The molecule has 6 nitrogen and oxygen atoms in total. The molecule has 0 bridgehead atoms. The summed E-state index contributed by atoms with van der Waals surface area (Å²) in [4.78, 5) is 18.1. The Morgan fingerprint density at radius 1 is 1.00 bits per heavy atom. The van der Waals surface area contributed by atoms with Crippen molar-refractivity contribution in [3.05, 3.63) is 108 Å². The second-order valence-electron chi connectivity index (χ2n) is 8.00. The van der Waals surface area contributed by atoms with E-state index in [0.717, 1.165) is 22.8 Å². The smallest absolute Gasteiger partial charge is 0.221 e. The molecule has 0 unspecified atom stereocenters. The summed E-state index contributed by atoms with van der Waals surface area (Å²) in [5, 5.41) is 6.80. The third-order valence-electron chi connectivity index (χ3n) is 5.75. The normalized spacial score (nSPS) is 17.5. The summed E-state index contributed by atoms with van der Waals surface area (Å²) in [6.45, 7) is 1.48. The van der Waals surface area contributed by atoms with Gasteiger partial charge >= 0.3 is 0 Å². The average Bonchev–Trinajstić information content (AvgIpc) is 3.45. The van der Waals surface area contributed by atoms with Crippen LogP contribution in [-0.2, 0) is 4.79 Å². The van der Waals surface area contributed by atoms with Gasteiger partial charge in [-0.25, -0.2) is 4.39 Å². The fraction of sp³-hybridized carbons (Fsp3) is 0.115. The van der Waals surface area contributed by atoms with Crippen LogP contribution in [0.3, 0.4) is 0 Å². The summed E-state index contributed by atoms with van der Waals surface area (Å²) in [5.41, 5.74) is 4.27. The number of hydrogen-bond donors (Lipinski definition) is 2. The lowest BCUT2D eigenvalue weighted by atomic mass is 10.0. The number of carbonyl (C=O) groups excluding carboxylic acids is 1.